The molecule has 0 spiro atoms. The Kier molecular flexibility index (Phi) is 3.11. The fourth-order valence-electron chi connectivity index (χ4n) is 2.38. The molecule has 96 valence electrons. The Morgan fingerprint density at radius 2 is 1.74 bits per heavy atom. The number of benzene rings is 2. The van der Waals surface area contributed by atoms with Crippen LogP contribution in [0.2, 0.25) is 0 Å². The Morgan fingerprint density at radius 3 is 2.53 bits per heavy atom. The summed E-state index contributed by atoms with van der Waals surface area (Å²) in [6.45, 7) is 0. The van der Waals surface area contributed by atoms with Crippen LogP contribution in [0, 0.1) is 11.6 Å². The molecule has 1 unspecified atom stereocenters. The second-order valence-corrected chi connectivity index (χ2v) is 4.81. The Morgan fingerprint density at radius 1 is 1.00 bits per heavy atom. The summed E-state index contributed by atoms with van der Waals surface area (Å²) in [5, 5.41) is 0. The lowest BCUT2D eigenvalue weighted by Gasteiger charge is -2.19. The second kappa shape index (κ2) is 4.92. The number of aliphatic imine (C=N–C) groups is 1. The van der Waals surface area contributed by atoms with Gasteiger partial charge in [0.25, 0.3) is 0 Å². The van der Waals surface area contributed by atoms with Crippen molar-refractivity contribution in [1.82, 2.24) is 0 Å². The summed E-state index contributed by atoms with van der Waals surface area (Å²) >= 11 is 0. The first-order valence-corrected chi connectivity index (χ1v) is 6.27. The van der Waals surface area contributed by atoms with Gasteiger partial charge in [0.05, 0.1) is 6.04 Å². The maximum absolute atomic E-state index is 13.1. The van der Waals surface area contributed by atoms with Gasteiger partial charge in [0.15, 0.2) is 0 Å². The third kappa shape index (κ3) is 2.70. The number of halogens is 2. The van der Waals surface area contributed by atoms with E-state index >= 15 is 0 Å². The molecule has 3 heteroatoms. The molecular weight excluding hydrogens is 244 g/mol. The van der Waals surface area contributed by atoms with Crippen molar-refractivity contribution in [3.63, 3.8) is 0 Å². The van der Waals surface area contributed by atoms with Gasteiger partial charge in [-0.15, -0.1) is 0 Å². The van der Waals surface area contributed by atoms with E-state index in [-0.39, 0.29) is 17.7 Å². The highest BCUT2D eigenvalue weighted by Gasteiger charge is 2.15. The normalized spacial score (nSPS) is 17.3. The Balaban J connectivity index is 1.76. The van der Waals surface area contributed by atoms with E-state index in [1.54, 1.807) is 18.3 Å². The summed E-state index contributed by atoms with van der Waals surface area (Å²) in [5.41, 5.74) is 3.04. The monoisotopic (exact) mass is 257 g/mol. The quantitative estimate of drug-likeness (QED) is 0.780. The number of hydrogen-bond donors (Lipinski definition) is 0. The minimum absolute atomic E-state index is 0.142. The van der Waals surface area contributed by atoms with Gasteiger partial charge < -0.3 is 0 Å². The van der Waals surface area contributed by atoms with Crippen LogP contribution in [0.3, 0.4) is 0 Å². The maximum atomic E-state index is 13.1. The van der Waals surface area contributed by atoms with Gasteiger partial charge in [0.1, 0.15) is 11.6 Å². The van der Waals surface area contributed by atoms with Crippen LogP contribution in [-0.2, 0) is 12.8 Å². The van der Waals surface area contributed by atoms with E-state index in [2.05, 4.69) is 4.99 Å². The van der Waals surface area contributed by atoms with Crippen molar-refractivity contribution in [1.29, 1.82) is 0 Å². The second-order valence-electron chi connectivity index (χ2n) is 4.81. The molecule has 19 heavy (non-hydrogen) atoms. The van der Waals surface area contributed by atoms with Gasteiger partial charge in [-0.1, -0.05) is 18.2 Å². The molecule has 0 fully saturated rings. The van der Waals surface area contributed by atoms with E-state index in [1.165, 1.54) is 24.3 Å². The molecule has 2 aromatic carbocycles. The number of rotatable bonds is 2. The molecular formula is C16H13F2N. The highest BCUT2D eigenvalue weighted by molar-refractivity contribution is 5.83. The maximum Gasteiger partial charge on any atom is 0.123 e. The Hall–Kier alpha value is -2.03. The van der Waals surface area contributed by atoms with Crippen LogP contribution in [0.25, 0.3) is 0 Å². The predicted octanol–water partition coefficient (Wildman–Crippen LogP) is 3.55. The van der Waals surface area contributed by atoms with Crippen LogP contribution >= 0.6 is 0 Å². The molecule has 0 saturated heterocycles. The SMILES string of the molecule is Fc1ccc(CC2Cc3ccc(F)cc3C=N2)cc1. The fourth-order valence-corrected chi connectivity index (χ4v) is 2.38. The fraction of sp³-hybridized carbons (Fsp3) is 0.188. The Labute approximate surface area is 110 Å². The molecule has 0 N–H and O–H groups in total. The van der Waals surface area contributed by atoms with Gasteiger partial charge in [0, 0.05) is 6.21 Å². The summed E-state index contributed by atoms with van der Waals surface area (Å²) in [6.07, 6.45) is 3.30. The molecule has 1 heterocycles. The van der Waals surface area contributed by atoms with Crippen LogP contribution in [0.4, 0.5) is 8.78 Å². The first-order valence-electron chi connectivity index (χ1n) is 6.27. The average molecular weight is 257 g/mol. The molecule has 1 aliphatic rings. The predicted molar refractivity (Wildman–Crippen MR) is 71.6 cm³/mol. The molecule has 1 nitrogen and oxygen atoms in total. The van der Waals surface area contributed by atoms with Crippen LogP contribution in [0.1, 0.15) is 16.7 Å². The van der Waals surface area contributed by atoms with Crippen molar-refractivity contribution in [2.75, 3.05) is 0 Å². The molecule has 0 saturated carbocycles. The lowest BCUT2D eigenvalue weighted by molar-refractivity contribution is 0.618. The minimum Gasteiger partial charge on any atom is -0.289 e. The average Bonchev–Trinajstić information content (AvgIpc) is 2.42. The Bertz CT molecular complexity index is 617. The standard InChI is InChI=1S/C16H13F2N/c17-14-4-1-11(2-5-14)7-16-9-12-3-6-15(18)8-13(12)10-19-16/h1-6,8,10,16H,7,9H2. The van der Waals surface area contributed by atoms with Crippen LogP contribution in [0.15, 0.2) is 47.5 Å². The van der Waals surface area contributed by atoms with Crippen molar-refractivity contribution in [3.05, 3.63) is 70.8 Å². The van der Waals surface area contributed by atoms with E-state index in [1.807, 2.05) is 6.07 Å². The van der Waals surface area contributed by atoms with Gasteiger partial charge in [-0.05, 0) is 53.8 Å². The third-order valence-electron chi connectivity index (χ3n) is 3.37. The molecule has 0 bridgehead atoms. The third-order valence-corrected chi connectivity index (χ3v) is 3.37. The highest BCUT2D eigenvalue weighted by atomic mass is 19.1. The summed E-state index contributed by atoms with van der Waals surface area (Å²) in [6, 6.07) is 11.4. The lowest BCUT2D eigenvalue weighted by Crippen LogP contribution is -2.18. The molecule has 1 atom stereocenters. The van der Waals surface area contributed by atoms with Gasteiger partial charge in [-0.2, -0.15) is 0 Å². The van der Waals surface area contributed by atoms with Gasteiger partial charge in [-0.25, -0.2) is 8.78 Å². The topological polar surface area (TPSA) is 12.4 Å². The van der Waals surface area contributed by atoms with E-state index < -0.39 is 0 Å². The lowest BCUT2D eigenvalue weighted by atomic mass is 9.94. The number of nitrogens with zero attached hydrogens (tertiary/aromatic N) is 1. The largest absolute Gasteiger partial charge is 0.289 e. The van der Waals surface area contributed by atoms with Crippen LogP contribution in [-0.4, -0.2) is 12.3 Å². The number of fused-ring (bicyclic) bond motifs is 1. The zero-order valence-corrected chi connectivity index (χ0v) is 10.3. The molecule has 0 radical (unpaired) electrons. The van der Waals surface area contributed by atoms with Crippen molar-refractivity contribution < 1.29 is 8.78 Å². The zero-order valence-electron chi connectivity index (χ0n) is 10.3. The van der Waals surface area contributed by atoms with Crippen molar-refractivity contribution in [2.24, 2.45) is 4.99 Å². The summed E-state index contributed by atoms with van der Waals surface area (Å²) < 4.78 is 25.9. The van der Waals surface area contributed by atoms with Gasteiger partial charge in [0.2, 0.25) is 0 Å². The van der Waals surface area contributed by atoms with E-state index in [9.17, 15) is 8.78 Å². The van der Waals surface area contributed by atoms with Crippen molar-refractivity contribution in [2.45, 2.75) is 18.9 Å². The minimum atomic E-state index is -0.234. The van der Waals surface area contributed by atoms with Gasteiger partial charge in [-0.3, -0.25) is 4.99 Å². The van der Waals surface area contributed by atoms with Crippen LogP contribution < -0.4 is 0 Å². The number of hydrogen-bond acceptors (Lipinski definition) is 1. The first-order chi connectivity index (χ1) is 9.20. The van der Waals surface area contributed by atoms with E-state index in [0.29, 0.717) is 0 Å². The summed E-state index contributed by atoms with van der Waals surface area (Å²) in [7, 11) is 0. The zero-order chi connectivity index (χ0) is 13.2. The molecule has 0 aromatic heterocycles. The molecule has 0 aliphatic carbocycles. The molecule has 0 amide bonds. The molecule has 2 aromatic rings. The van der Waals surface area contributed by atoms with Gasteiger partial charge >= 0.3 is 0 Å². The van der Waals surface area contributed by atoms with E-state index in [0.717, 1.165) is 29.5 Å². The van der Waals surface area contributed by atoms with Crippen molar-refractivity contribution >= 4 is 6.21 Å². The highest BCUT2D eigenvalue weighted by Crippen LogP contribution is 2.20. The summed E-state index contributed by atoms with van der Waals surface area (Å²) in [5.74, 6) is -0.459. The summed E-state index contributed by atoms with van der Waals surface area (Å²) in [4.78, 5) is 4.44. The van der Waals surface area contributed by atoms with Crippen LogP contribution in [0.5, 0.6) is 0 Å². The molecule has 1 aliphatic heterocycles. The first kappa shape index (κ1) is 12.0. The molecule has 3 rings (SSSR count). The van der Waals surface area contributed by atoms with E-state index in [4.69, 9.17) is 0 Å². The smallest absolute Gasteiger partial charge is 0.123 e. The van der Waals surface area contributed by atoms with Crippen molar-refractivity contribution in [3.8, 4) is 0 Å².